The van der Waals surface area contributed by atoms with E-state index in [4.69, 9.17) is 4.42 Å². The van der Waals surface area contributed by atoms with Crippen LogP contribution >= 0.6 is 0 Å². The van der Waals surface area contributed by atoms with Crippen LogP contribution in [0.1, 0.15) is 33.5 Å². The number of halogens is 2. The first-order valence-corrected chi connectivity index (χ1v) is 6.37. The van der Waals surface area contributed by atoms with Crippen molar-refractivity contribution in [2.45, 2.75) is 20.0 Å². The average molecular weight is 295 g/mol. The van der Waals surface area contributed by atoms with Gasteiger partial charge in [0.05, 0.1) is 5.56 Å². The van der Waals surface area contributed by atoms with Crippen molar-refractivity contribution in [3.63, 3.8) is 0 Å². The van der Waals surface area contributed by atoms with Crippen LogP contribution in [0.4, 0.5) is 8.78 Å². The predicted octanol–water partition coefficient (Wildman–Crippen LogP) is 2.64. The summed E-state index contributed by atoms with van der Waals surface area (Å²) in [6.45, 7) is 3.18. The zero-order valence-electron chi connectivity index (χ0n) is 11.6. The highest BCUT2D eigenvalue weighted by molar-refractivity contribution is 5.91. The number of carbonyl (C=O) groups excluding carboxylic acids is 1. The van der Waals surface area contributed by atoms with Gasteiger partial charge in [-0.05, 0) is 37.6 Å². The second-order valence-electron chi connectivity index (χ2n) is 4.71. The Morgan fingerprint density at radius 3 is 2.48 bits per heavy atom. The van der Waals surface area contributed by atoms with Crippen LogP contribution in [0.25, 0.3) is 0 Å². The number of benzene rings is 1. The predicted molar refractivity (Wildman–Crippen MR) is 71.8 cm³/mol. The van der Waals surface area contributed by atoms with E-state index in [-0.39, 0.29) is 12.3 Å². The summed E-state index contributed by atoms with van der Waals surface area (Å²) in [5.74, 6) is -1.57. The van der Waals surface area contributed by atoms with Crippen LogP contribution in [-0.4, -0.2) is 17.6 Å². The topological polar surface area (TPSA) is 62.5 Å². The van der Waals surface area contributed by atoms with Gasteiger partial charge < -0.3 is 14.8 Å². The van der Waals surface area contributed by atoms with Gasteiger partial charge in [-0.15, -0.1) is 0 Å². The average Bonchev–Trinajstić information content (AvgIpc) is 2.76. The molecule has 112 valence electrons. The second-order valence-corrected chi connectivity index (χ2v) is 4.71. The molecule has 0 aliphatic carbocycles. The third kappa shape index (κ3) is 3.28. The van der Waals surface area contributed by atoms with Gasteiger partial charge in [0.2, 0.25) is 0 Å². The molecule has 1 heterocycles. The minimum Gasteiger partial charge on any atom is -0.456 e. The number of hydrogen-bond acceptors (Lipinski definition) is 3. The van der Waals surface area contributed by atoms with Crippen LogP contribution in [-0.2, 0) is 0 Å². The molecular weight excluding hydrogens is 280 g/mol. The number of aliphatic hydroxyl groups is 1. The van der Waals surface area contributed by atoms with Gasteiger partial charge >= 0.3 is 0 Å². The number of hydrogen-bond donors (Lipinski definition) is 2. The summed E-state index contributed by atoms with van der Waals surface area (Å²) in [6.07, 6.45) is -1.48. The molecule has 2 N–H and O–H groups in total. The Kier molecular flexibility index (Phi) is 4.37. The standard InChI is InChI=1S/C15H15F2NO3/c1-8-6-13(21-9(8)2)15(20)18-7-12(19)14-10(16)4-3-5-11(14)17/h3-6,12,19H,7H2,1-2H3,(H,18,20). The normalized spacial score (nSPS) is 12.2. The summed E-state index contributed by atoms with van der Waals surface area (Å²) >= 11 is 0. The first-order valence-electron chi connectivity index (χ1n) is 6.37. The van der Waals surface area contributed by atoms with Gasteiger partial charge in [0.1, 0.15) is 23.5 Å². The highest BCUT2D eigenvalue weighted by atomic mass is 19.1. The monoisotopic (exact) mass is 295 g/mol. The molecule has 21 heavy (non-hydrogen) atoms. The molecule has 1 aromatic carbocycles. The molecule has 1 amide bonds. The van der Waals surface area contributed by atoms with Gasteiger partial charge in [-0.25, -0.2) is 8.78 Å². The fraction of sp³-hybridized carbons (Fsp3) is 0.267. The highest BCUT2D eigenvalue weighted by Gasteiger charge is 2.19. The lowest BCUT2D eigenvalue weighted by Gasteiger charge is -2.13. The lowest BCUT2D eigenvalue weighted by Crippen LogP contribution is -2.28. The lowest BCUT2D eigenvalue weighted by molar-refractivity contribution is 0.0883. The maximum atomic E-state index is 13.5. The summed E-state index contributed by atoms with van der Waals surface area (Å²) in [5, 5.41) is 12.2. The molecule has 0 aliphatic heterocycles. The molecule has 1 unspecified atom stereocenters. The van der Waals surface area contributed by atoms with Gasteiger partial charge in [-0.3, -0.25) is 4.79 Å². The maximum absolute atomic E-state index is 13.5. The fourth-order valence-corrected chi connectivity index (χ4v) is 1.89. The largest absolute Gasteiger partial charge is 0.456 e. The van der Waals surface area contributed by atoms with Gasteiger partial charge in [0.25, 0.3) is 5.91 Å². The smallest absolute Gasteiger partial charge is 0.287 e. The van der Waals surface area contributed by atoms with E-state index >= 15 is 0 Å². The molecule has 0 saturated carbocycles. The molecular formula is C15H15F2NO3. The molecule has 1 atom stereocenters. The van der Waals surface area contributed by atoms with E-state index in [2.05, 4.69) is 5.32 Å². The van der Waals surface area contributed by atoms with Crippen LogP contribution in [0.15, 0.2) is 28.7 Å². The van der Waals surface area contributed by atoms with Gasteiger partial charge in [-0.2, -0.15) is 0 Å². The third-order valence-corrected chi connectivity index (χ3v) is 3.18. The molecule has 0 bridgehead atoms. The van der Waals surface area contributed by atoms with Crippen LogP contribution < -0.4 is 5.32 Å². The Hall–Kier alpha value is -2.21. The number of amides is 1. The van der Waals surface area contributed by atoms with Crippen LogP contribution in [0, 0.1) is 25.5 Å². The maximum Gasteiger partial charge on any atom is 0.287 e. The number of rotatable bonds is 4. The van der Waals surface area contributed by atoms with Gasteiger partial charge in [-0.1, -0.05) is 6.07 Å². The van der Waals surface area contributed by atoms with E-state index in [0.717, 1.165) is 17.7 Å². The minimum atomic E-state index is -1.48. The second kappa shape index (κ2) is 6.05. The zero-order chi connectivity index (χ0) is 15.6. The van der Waals surface area contributed by atoms with Gasteiger partial charge in [0.15, 0.2) is 5.76 Å². The molecule has 6 heteroatoms. The van der Waals surface area contributed by atoms with E-state index in [1.54, 1.807) is 19.9 Å². The molecule has 0 radical (unpaired) electrons. The summed E-state index contributed by atoms with van der Waals surface area (Å²) < 4.78 is 32.2. The van der Waals surface area contributed by atoms with Crippen molar-refractivity contribution in [1.29, 1.82) is 0 Å². The van der Waals surface area contributed by atoms with Crippen molar-refractivity contribution in [1.82, 2.24) is 5.32 Å². The Morgan fingerprint density at radius 1 is 1.33 bits per heavy atom. The molecule has 0 spiro atoms. The van der Waals surface area contributed by atoms with E-state index < -0.39 is 29.2 Å². The highest BCUT2D eigenvalue weighted by Crippen LogP contribution is 2.20. The first kappa shape index (κ1) is 15.2. The minimum absolute atomic E-state index is 0.0891. The Bertz CT molecular complexity index is 627. The summed E-state index contributed by atoms with van der Waals surface area (Å²) in [5.41, 5.74) is 0.352. The first-order chi connectivity index (χ1) is 9.90. The Labute approximate surface area is 120 Å². The lowest BCUT2D eigenvalue weighted by atomic mass is 10.1. The van der Waals surface area contributed by atoms with Crippen molar-refractivity contribution < 1.29 is 23.1 Å². The molecule has 0 aliphatic rings. The van der Waals surface area contributed by atoms with Crippen molar-refractivity contribution in [2.75, 3.05) is 6.54 Å². The Balaban J connectivity index is 2.04. The zero-order valence-corrected chi connectivity index (χ0v) is 11.6. The van der Waals surface area contributed by atoms with Crippen molar-refractivity contribution in [3.8, 4) is 0 Å². The number of furan rings is 1. The SMILES string of the molecule is Cc1cc(C(=O)NCC(O)c2c(F)cccc2F)oc1C. The molecule has 2 rings (SSSR count). The molecule has 0 fully saturated rings. The molecule has 4 nitrogen and oxygen atoms in total. The quantitative estimate of drug-likeness (QED) is 0.911. The van der Waals surface area contributed by atoms with E-state index in [0.29, 0.717) is 5.76 Å². The van der Waals surface area contributed by atoms with Gasteiger partial charge in [0, 0.05) is 6.54 Å². The molecule has 2 aromatic rings. The van der Waals surface area contributed by atoms with Crippen LogP contribution in [0.3, 0.4) is 0 Å². The van der Waals surface area contributed by atoms with Crippen molar-refractivity contribution >= 4 is 5.91 Å². The number of nitrogens with one attached hydrogen (secondary N) is 1. The summed E-state index contributed by atoms with van der Waals surface area (Å²) in [7, 11) is 0. The number of aliphatic hydroxyl groups excluding tert-OH is 1. The van der Waals surface area contributed by atoms with Crippen molar-refractivity contribution in [3.05, 3.63) is 58.5 Å². The third-order valence-electron chi connectivity index (χ3n) is 3.18. The van der Waals surface area contributed by atoms with E-state index in [1.165, 1.54) is 6.07 Å². The number of aryl methyl sites for hydroxylation is 2. The number of carbonyl (C=O) groups is 1. The summed E-state index contributed by atoms with van der Waals surface area (Å²) in [4.78, 5) is 11.8. The van der Waals surface area contributed by atoms with Crippen molar-refractivity contribution in [2.24, 2.45) is 0 Å². The molecule has 0 saturated heterocycles. The fourth-order valence-electron chi connectivity index (χ4n) is 1.89. The van der Waals surface area contributed by atoms with Crippen LogP contribution in [0.2, 0.25) is 0 Å². The summed E-state index contributed by atoms with van der Waals surface area (Å²) in [6, 6.07) is 4.85. The van der Waals surface area contributed by atoms with E-state index in [9.17, 15) is 18.7 Å². The molecule has 1 aromatic heterocycles. The van der Waals surface area contributed by atoms with Crippen LogP contribution in [0.5, 0.6) is 0 Å². The van der Waals surface area contributed by atoms with E-state index in [1.807, 2.05) is 0 Å². The Morgan fingerprint density at radius 2 is 1.95 bits per heavy atom.